The molecule has 1 rings (SSSR count). The fourth-order valence-corrected chi connectivity index (χ4v) is 1.57. The molecule has 0 unspecified atom stereocenters. The molecule has 0 bridgehead atoms. The van der Waals surface area contributed by atoms with Gasteiger partial charge in [0.05, 0.1) is 6.61 Å². The van der Waals surface area contributed by atoms with Crippen molar-refractivity contribution < 1.29 is 4.74 Å². The summed E-state index contributed by atoms with van der Waals surface area (Å²) in [6, 6.07) is 10.4. The fraction of sp³-hybridized carbons (Fsp3) is 0.467. The summed E-state index contributed by atoms with van der Waals surface area (Å²) in [7, 11) is 3.85. The number of nitrogens with zero attached hydrogens (tertiary/aromatic N) is 1. The van der Waals surface area contributed by atoms with Crippen molar-refractivity contribution in [2.75, 3.05) is 46.9 Å². The molecule has 1 aromatic rings. The lowest BCUT2D eigenvalue weighted by atomic mass is 10.2. The summed E-state index contributed by atoms with van der Waals surface area (Å²) in [5.74, 6) is 0. The second kappa shape index (κ2) is 9.83. The minimum absolute atomic E-state index is 0.796. The number of hydrogen-bond acceptors (Lipinski definition) is 3. The highest BCUT2D eigenvalue weighted by molar-refractivity contribution is 5.48. The summed E-state index contributed by atoms with van der Waals surface area (Å²) in [5.41, 5.74) is 1.25. The topological polar surface area (TPSA) is 24.5 Å². The van der Waals surface area contributed by atoms with Gasteiger partial charge < -0.3 is 15.0 Å². The van der Waals surface area contributed by atoms with E-state index in [9.17, 15) is 0 Å². The normalized spacial score (nSPS) is 11.5. The van der Waals surface area contributed by atoms with Crippen LogP contribution in [0.3, 0.4) is 0 Å². The summed E-state index contributed by atoms with van der Waals surface area (Å²) >= 11 is 0. The molecule has 0 spiro atoms. The Bertz CT molecular complexity index is 325. The Balaban J connectivity index is 2.03. The number of rotatable bonds is 9. The highest BCUT2D eigenvalue weighted by Crippen LogP contribution is 1.99. The summed E-state index contributed by atoms with van der Waals surface area (Å²) in [5, 5.41) is 3.39. The summed E-state index contributed by atoms with van der Waals surface area (Å²) in [6.07, 6.45) is 4.30. The first-order valence-electron chi connectivity index (χ1n) is 6.42. The molecular weight excluding hydrogens is 224 g/mol. The lowest BCUT2D eigenvalue weighted by Gasteiger charge is -2.15. The molecule has 3 nitrogen and oxygen atoms in total. The molecule has 18 heavy (non-hydrogen) atoms. The Morgan fingerprint density at radius 3 is 2.72 bits per heavy atom. The van der Waals surface area contributed by atoms with E-state index in [1.807, 2.05) is 6.07 Å². The lowest BCUT2D eigenvalue weighted by molar-refractivity contribution is 0.161. The van der Waals surface area contributed by atoms with Gasteiger partial charge in [0.1, 0.15) is 0 Å². The zero-order valence-electron chi connectivity index (χ0n) is 11.4. The van der Waals surface area contributed by atoms with Crippen LogP contribution in [0.4, 0.5) is 0 Å². The molecule has 0 aliphatic heterocycles. The van der Waals surface area contributed by atoms with Crippen LogP contribution in [0.15, 0.2) is 36.4 Å². The number of methoxy groups -OCH3 is 1. The molecule has 0 heterocycles. The maximum Gasteiger partial charge on any atom is 0.0589 e. The number of likely N-dealkylation sites (N-methyl/N-ethyl adjacent to an activating group) is 1. The van der Waals surface area contributed by atoms with Crippen molar-refractivity contribution >= 4 is 6.08 Å². The van der Waals surface area contributed by atoms with Crippen molar-refractivity contribution in [1.29, 1.82) is 0 Å². The van der Waals surface area contributed by atoms with Gasteiger partial charge in [-0.1, -0.05) is 42.5 Å². The highest BCUT2D eigenvalue weighted by Gasteiger charge is 1.95. The van der Waals surface area contributed by atoms with Crippen molar-refractivity contribution in [1.82, 2.24) is 10.2 Å². The van der Waals surface area contributed by atoms with Crippen LogP contribution in [0, 0.1) is 0 Å². The van der Waals surface area contributed by atoms with Crippen LogP contribution in [0.2, 0.25) is 0 Å². The van der Waals surface area contributed by atoms with Crippen LogP contribution in [-0.4, -0.2) is 51.8 Å². The molecule has 0 aliphatic carbocycles. The zero-order chi connectivity index (χ0) is 13.1. The van der Waals surface area contributed by atoms with Crippen LogP contribution in [0.5, 0.6) is 0 Å². The third-order valence-corrected chi connectivity index (χ3v) is 2.72. The Labute approximate surface area is 110 Å². The average Bonchev–Trinajstić information content (AvgIpc) is 2.41. The van der Waals surface area contributed by atoms with Gasteiger partial charge in [-0.05, 0) is 12.6 Å². The first-order chi connectivity index (χ1) is 8.83. The van der Waals surface area contributed by atoms with Gasteiger partial charge in [-0.25, -0.2) is 0 Å². The Kier molecular flexibility index (Phi) is 8.13. The van der Waals surface area contributed by atoms with Crippen LogP contribution in [-0.2, 0) is 4.74 Å². The monoisotopic (exact) mass is 248 g/mol. The van der Waals surface area contributed by atoms with Gasteiger partial charge in [-0.3, -0.25) is 0 Å². The van der Waals surface area contributed by atoms with Crippen LogP contribution in [0.25, 0.3) is 6.08 Å². The Morgan fingerprint density at radius 2 is 2.00 bits per heavy atom. The molecule has 0 radical (unpaired) electrons. The number of benzene rings is 1. The van der Waals surface area contributed by atoms with E-state index in [4.69, 9.17) is 4.74 Å². The molecule has 0 aromatic heterocycles. The molecule has 100 valence electrons. The van der Waals surface area contributed by atoms with Crippen molar-refractivity contribution in [2.24, 2.45) is 0 Å². The number of ether oxygens (including phenoxy) is 1. The molecular formula is C15H24N2O. The van der Waals surface area contributed by atoms with Crippen molar-refractivity contribution in [3.8, 4) is 0 Å². The van der Waals surface area contributed by atoms with Crippen molar-refractivity contribution in [3.05, 3.63) is 42.0 Å². The molecule has 0 saturated carbocycles. The van der Waals surface area contributed by atoms with Gasteiger partial charge in [0.25, 0.3) is 0 Å². The van der Waals surface area contributed by atoms with Crippen LogP contribution in [0.1, 0.15) is 5.56 Å². The van der Waals surface area contributed by atoms with E-state index in [1.54, 1.807) is 7.11 Å². The Hall–Kier alpha value is -1.16. The largest absolute Gasteiger partial charge is 0.383 e. The maximum absolute atomic E-state index is 5.03. The summed E-state index contributed by atoms with van der Waals surface area (Å²) < 4.78 is 5.03. The molecule has 1 aromatic carbocycles. The van der Waals surface area contributed by atoms with Gasteiger partial charge in [-0.2, -0.15) is 0 Å². The fourth-order valence-electron chi connectivity index (χ4n) is 1.57. The molecule has 0 amide bonds. The minimum atomic E-state index is 0.796. The van der Waals surface area contributed by atoms with Crippen molar-refractivity contribution in [2.45, 2.75) is 0 Å². The first-order valence-corrected chi connectivity index (χ1v) is 6.42. The van der Waals surface area contributed by atoms with E-state index >= 15 is 0 Å². The second-order valence-electron chi connectivity index (χ2n) is 4.31. The SMILES string of the molecule is COCCN(C)CCNC/C=C/c1ccccc1. The standard InChI is InChI=1S/C15H24N2O/c1-17(13-14-18-2)12-11-16-10-6-9-15-7-4-3-5-8-15/h3-9,16H,10-14H2,1-2H3/b9-6+. The van der Waals surface area contributed by atoms with Crippen molar-refractivity contribution in [3.63, 3.8) is 0 Å². The quantitative estimate of drug-likeness (QED) is 0.675. The summed E-state index contributed by atoms with van der Waals surface area (Å²) in [4.78, 5) is 2.26. The van der Waals surface area contributed by atoms with E-state index in [0.29, 0.717) is 0 Å². The Morgan fingerprint density at radius 1 is 1.22 bits per heavy atom. The predicted molar refractivity (Wildman–Crippen MR) is 77.7 cm³/mol. The predicted octanol–water partition coefficient (Wildman–Crippen LogP) is 1.87. The van der Waals surface area contributed by atoms with Gasteiger partial charge in [-0.15, -0.1) is 0 Å². The lowest BCUT2D eigenvalue weighted by Crippen LogP contribution is -2.31. The van der Waals surface area contributed by atoms with Gasteiger partial charge in [0, 0.05) is 33.3 Å². The highest BCUT2D eigenvalue weighted by atomic mass is 16.5. The molecule has 0 saturated heterocycles. The van der Waals surface area contributed by atoms with Crippen LogP contribution < -0.4 is 5.32 Å². The maximum atomic E-state index is 5.03. The van der Waals surface area contributed by atoms with Gasteiger partial charge in [0.2, 0.25) is 0 Å². The number of hydrogen-bond donors (Lipinski definition) is 1. The molecule has 1 N–H and O–H groups in total. The van der Waals surface area contributed by atoms with Gasteiger partial charge >= 0.3 is 0 Å². The van der Waals surface area contributed by atoms with E-state index in [-0.39, 0.29) is 0 Å². The zero-order valence-corrected chi connectivity index (χ0v) is 11.4. The molecule has 3 heteroatoms. The van der Waals surface area contributed by atoms with E-state index < -0.39 is 0 Å². The number of nitrogens with one attached hydrogen (secondary N) is 1. The van der Waals surface area contributed by atoms with E-state index in [1.165, 1.54) is 5.56 Å². The third-order valence-electron chi connectivity index (χ3n) is 2.72. The van der Waals surface area contributed by atoms with Crippen LogP contribution >= 0.6 is 0 Å². The third kappa shape index (κ3) is 7.22. The molecule has 0 aliphatic rings. The van der Waals surface area contributed by atoms with E-state index in [2.05, 4.69) is 53.7 Å². The molecule has 0 atom stereocenters. The van der Waals surface area contributed by atoms with Gasteiger partial charge in [0.15, 0.2) is 0 Å². The smallest absolute Gasteiger partial charge is 0.0589 e. The first kappa shape index (κ1) is 14.9. The summed E-state index contributed by atoms with van der Waals surface area (Å²) in [6.45, 7) is 4.73. The second-order valence-corrected chi connectivity index (χ2v) is 4.31. The average molecular weight is 248 g/mol. The minimum Gasteiger partial charge on any atom is -0.383 e. The molecule has 0 fully saturated rings. The van der Waals surface area contributed by atoms with E-state index in [0.717, 1.165) is 32.8 Å².